The summed E-state index contributed by atoms with van der Waals surface area (Å²) in [6, 6.07) is 15.1. The molecule has 1 saturated carbocycles. The van der Waals surface area contributed by atoms with Crippen LogP contribution in [0.15, 0.2) is 48.5 Å². The number of aryl methyl sites for hydroxylation is 1. The quantitative estimate of drug-likeness (QED) is 0.175. The minimum atomic E-state index is -0.337. The van der Waals surface area contributed by atoms with Crippen LogP contribution >= 0.6 is 0 Å². The molecule has 1 fully saturated rings. The summed E-state index contributed by atoms with van der Waals surface area (Å²) < 4.78 is 11.5. The molecule has 2 atom stereocenters. The molecule has 3 heteroatoms. The van der Waals surface area contributed by atoms with E-state index in [-0.39, 0.29) is 5.97 Å². The Balaban J connectivity index is 1.39. The zero-order valence-corrected chi connectivity index (χ0v) is 20.7. The predicted molar refractivity (Wildman–Crippen MR) is 136 cm³/mol. The number of rotatable bonds is 13. The summed E-state index contributed by atoms with van der Waals surface area (Å²) in [5, 5.41) is 0. The molecule has 1 aliphatic carbocycles. The van der Waals surface area contributed by atoms with Crippen molar-refractivity contribution >= 4 is 5.97 Å². The van der Waals surface area contributed by atoms with Crippen LogP contribution in [0.4, 0.5) is 0 Å². The highest BCUT2D eigenvalue weighted by atomic mass is 16.5. The average Bonchev–Trinajstić information content (AvgIpc) is 2.84. The highest BCUT2D eigenvalue weighted by Crippen LogP contribution is 2.36. The van der Waals surface area contributed by atoms with Crippen LogP contribution in [0.5, 0.6) is 11.5 Å². The van der Waals surface area contributed by atoms with Crippen molar-refractivity contribution in [1.29, 1.82) is 0 Å². The molecular formula is C30H42O3. The van der Waals surface area contributed by atoms with E-state index in [1.54, 1.807) is 12.1 Å². The SMILES string of the molecule is CCCCCC1CCCCC1CCCOc1ccc(C(=O)Oc2ccc(CCC)cc2)cc1. The smallest absolute Gasteiger partial charge is 0.343 e. The van der Waals surface area contributed by atoms with Gasteiger partial charge >= 0.3 is 5.97 Å². The van der Waals surface area contributed by atoms with Crippen LogP contribution in [0, 0.1) is 11.8 Å². The van der Waals surface area contributed by atoms with Crippen molar-refractivity contribution in [1.82, 2.24) is 0 Å². The van der Waals surface area contributed by atoms with Gasteiger partial charge in [0, 0.05) is 0 Å². The van der Waals surface area contributed by atoms with E-state index < -0.39 is 0 Å². The molecule has 0 spiro atoms. The van der Waals surface area contributed by atoms with Gasteiger partial charge in [-0.1, -0.05) is 83.8 Å². The van der Waals surface area contributed by atoms with Gasteiger partial charge in [0.25, 0.3) is 0 Å². The number of hydrogen-bond donors (Lipinski definition) is 0. The monoisotopic (exact) mass is 450 g/mol. The van der Waals surface area contributed by atoms with Gasteiger partial charge in [-0.05, 0) is 73.1 Å². The first-order valence-electron chi connectivity index (χ1n) is 13.2. The molecule has 1 aliphatic rings. The van der Waals surface area contributed by atoms with Gasteiger partial charge in [-0.15, -0.1) is 0 Å². The summed E-state index contributed by atoms with van der Waals surface area (Å²) in [7, 11) is 0. The molecule has 0 heterocycles. The second-order valence-electron chi connectivity index (χ2n) is 9.60. The molecule has 3 nitrogen and oxygen atoms in total. The number of esters is 1. The van der Waals surface area contributed by atoms with E-state index in [1.165, 1.54) is 63.4 Å². The Labute approximate surface area is 200 Å². The van der Waals surface area contributed by atoms with E-state index in [2.05, 4.69) is 13.8 Å². The first-order valence-corrected chi connectivity index (χ1v) is 13.2. The van der Waals surface area contributed by atoms with Crippen molar-refractivity contribution in [2.75, 3.05) is 6.61 Å². The maximum atomic E-state index is 12.4. The van der Waals surface area contributed by atoms with Crippen LogP contribution in [0.25, 0.3) is 0 Å². The van der Waals surface area contributed by atoms with Gasteiger partial charge in [-0.25, -0.2) is 4.79 Å². The van der Waals surface area contributed by atoms with Crippen molar-refractivity contribution in [3.8, 4) is 11.5 Å². The van der Waals surface area contributed by atoms with Gasteiger partial charge in [0.1, 0.15) is 11.5 Å². The number of hydrogen-bond acceptors (Lipinski definition) is 3. The van der Waals surface area contributed by atoms with E-state index in [4.69, 9.17) is 9.47 Å². The number of ether oxygens (including phenoxy) is 2. The summed E-state index contributed by atoms with van der Waals surface area (Å²) in [5.41, 5.74) is 1.80. The van der Waals surface area contributed by atoms with Crippen molar-refractivity contribution in [3.63, 3.8) is 0 Å². The lowest BCUT2D eigenvalue weighted by atomic mass is 9.74. The molecule has 0 radical (unpaired) electrons. The number of carbonyl (C=O) groups is 1. The molecule has 0 N–H and O–H groups in total. The Morgan fingerprint density at radius 3 is 2.06 bits per heavy atom. The normalized spacial score (nSPS) is 18.1. The minimum Gasteiger partial charge on any atom is -0.494 e. The fourth-order valence-electron chi connectivity index (χ4n) is 5.10. The van der Waals surface area contributed by atoms with Crippen LogP contribution in [0.2, 0.25) is 0 Å². The number of benzene rings is 2. The number of unbranched alkanes of at least 4 members (excludes halogenated alkanes) is 2. The molecule has 180 valence electrons. The zero-order valence-electron chi connectivity index (χ0n) is 20.7. The van der Waals surface area contributed by atoms with Gasteiger partial charge in [-0.2, -0.15) is 0 Å². The molecule has 2 aromatic rings. The Hall–Kier alpha value is -2.29. The van der Waals surface area contributed by atoms with Crippen LogP contribution in [0.3, 0.4) is 0 Å². The van der Waals surface area contributed by atoms with E-state index in [0.29, 0.717) is 11.3 Å². The molecule has 2 aromatic carbocycles. The van der Waals surface area contributed by atoms with Gasteiger partial charge in [0.05, 0.1) is 12.2 Å². The highest BCUT2D eigenvalue weighted by Gasteiger charge is 2.24. The van der Waals surface area contributed by atoms with Crippen LogP contribution < -0.4 is 9.47 Å². The number of carbonyl (C=O) groups excluding carboxylic acids is 1. The Morgan fingerprint density at radius 1 is 0.788 bits per heavy atom. The Bertz CT molecular complexity index is 809. The third-order valence-electron chi connectivity index (χ3n) is 7.00. The fourth-order valence-corrected chi connectivity index (χ4v) is 5.10. The van der Waals surface area contributed by atoms with E-state index in [0.717, 1.165) is 43.5 Å². The Morgan fingerprint density at radius 2 is 1.42 bits per heavy atom. The molecule has 0 aromatic heterocycles. The molecule has 3 rings (SSSR count). The predicted octanol–water partition coefficient (Wildman–Crippen LogP) is 8.40. The fraction of sp³-hybridized carbons (Fsp3) is 0.567. The summed E-state index contributed by atoms with van der Waals surface area (Å²) in [4.78, 5) is 12.4. The largest absolute Gasteiger partial charge is 0.494 e. The topological polar surface area (TPSA) is 35.5 Å². The average molecular weight is 451 g/mol. The third kappa shape index (κ3) is 8.53. The van der Waals surface area contributed by atoms with Crippen LogP contribution in [0.1, 0.15) is 100 Å². The first-order chi connectivity index (χ1) is 16.2. The molecule has 2 unspecified atom stereocenters. The zero-order chi connectivity index (χ0) is 23.3. The van der Waals surface area contributed by atoms with Gasteiger partial charge in [-0.3, -0.25) is 0 Å². The van der Waals surface area contributed by atoms with Gasteiger partial charge in [0.2, 0.25) is 0 Å². The van der Waals surface area contributed by atoms with Crippen molar-refractivity contribution in [2.45, 2.75) is 90.9 Å². The van der Waals surface area contributed by atoms with Crippen LogP contribution in [-0.2, 0) is 6.42 Å². The molecular weight excluding hydrogens is 408 g/mol. The lowest BCUT2D eigenvalue weighted by Crippen LogP contribution is -2.20. The second kappa shape index (κ2) is 14.1. The third-order valence-corrected chi connectivity index (χ3v) is 7.00. The molecule has 0 aliphatic heterocycles. The molecule has 33 heavy (non-hydrogen) atoms. The van der Waals surface area contributed by atoms with E-state index >= 15 is 0 Å². The summed E-state index contributed by atoms with van der Waals surface area (Å²) in [6.45, 7) is 5.19. The maximum absolute atomic E-state index is 12.4. The van der Waals surface area contributed by atoms with Crippen molar-refractivity contribution in [2.24, 2.45) is 11.8 Å². The first kappa shape index (κ1) is 25.3. The van der Waals surface area contributed by atoms with Crippen molar-refractivity contribution < 1.29 is 14.3 Å². The van der Waals surface area contributed by atoms with Gasteiger partial charge < -0.3 is 9.47 Å². The standard InChI is InChI=1S/C30H42O3/c1-3-5-6-11-25-12-7-8-13-26(25)14-9-23-32-28-21-17-27(18-22-28)30(31)33-29-19-15-24(10-4-2)16-20-29/h15-22,25-26H,3-14,23H2,1-2H3. The molecule has 0 saturated heterocycles. The van der Waals surface area contributed by atoms with E-state index in [9.17, 15) is 4.79 Å². The lowest BCUT2D eigenvalue weighted by Gasteiger charge is -2.31. The minimum absolute atomic E-state index is 0.337. The summed E-state index contributed by atoms with van der Waals surface area (Å²) >= 11 is 0. The molecule has 0 bridgehead atoms. The van der Waals surface area contributed by atoms with Crippen molar-refractivity contribution in [3.05, 3.63) is 59.7 Å². The lowest BCUT2D eigenvalue weighted by molar-refractivity contribution is 0.0734. The summed E-state index contributed by atoms with van der Waals surface area (Å²) in [5.74, 6) is 2.87. The van der Waals surface area contributed by atoms with Gasteiger partial charge in [0.15, 0.2) is 0 Å². The molecule has 0 amide bonds. The van der Waals surface area contributed by atoms with Crippen LogP contribution in [-0.4, -0.2) is 12.6 Å². The van der Waals surface area contributed by atoms with E-state index in [1.807, 2.05) is 36.4 Å². The second-order valence-corrected chi connectivity index (χ2v) is 9.60. The summed E-state index contributed by atoms with van der Waals surface area (Å²) in [6.07, 6.45) is 15.7. The Kier molecular flexibility index (Phi) is 10.8. The highest BCUT2D eigenvalue weighted by molar-refractivity contribution is 5.91. The maximum Gasteiger partial charge on any atom is 0.343 e.